The summed E-state index contributed by atoms with van der Waals surface area (Å²) in [6, 6.07) is 8.90. The van der Waals surface area contributed by atoms with Crippen molar-refractivity contribution in [2.45, 2.75) is 26.2 Å². The molecule has 19 heavy (non-hydrogen) atoms. The summed E-state index contributed by atoms with van der Waals surface area (Å²) in [4.78, 5) is 25.0. The second kappa shape index (κ2) is 5.39. The Bertz CT molecular complexity index is 504. The molecule has 100 valence electrons. The Balaban J connectivity index is 2.42. The average Bonchev–Trinajstić information content (AvgIpc) is 2.82. The summed E-state index contributed by atoms with van der Waals surface area (Å²) in [6.07, 6.45) is 2.01. The molecule has 0 radical (unpaired) electrons. The second-order valence-electron chi connectivity index (χ2n) is 4.78. The average molecular weight is 258 g/mol. The molecule has 1 aromatic rings. The van der Waals surface area contributed by atoms with E-state index in [0.29, 0.717) is 24.0 Å². The molecule has 3 nitrogen and oxygen atoms in total. The van der Waals surface area contributed by atoms with Crippen LogP contribution in [0.5, 0.6) is 0 Å². The van der Waals surface area contributed by atoms with Gasteiger partial charge in [-0.05, 0) is 26.2 Å². The predicted octanol–water partition coefficient (Wildman–Crippen LogP) is 3.16. The number of esters is 1. The minimum absolute atomic E-state index is 0.186. The second-order valence-corrected chi connectivity index (χ2v) is 4.78. The highest BCUT2D eigenvalue weighted by atomic mass is 16.5. The SMILES string of the molecule is C=C1CCC[C@@]1(C(=O)OCC)C(=O)c1ccccc1. The van der Waals surface area contributed by atoms with Crippen molar-refractivity contribution in [2.75, 3.05) is 6.61 Å². The van der Waals surface area contributed by atoms with Crippen molar-refractivity contribution in [1.29, 1.82) is 0 Å². The standard InChI is InChI=1S/C16H18O3/c1-3-19-15(18)16(11-7-8-12(16)2)14(17)13-9-5-4-6-10-13/h4-6,9-10H,2-3,7-8,11H2,1H3/t16-/m0/s1. The largest absolute Gasteiger partial charge is 0.465 e. The van der Waals surface area contributed by atoms with E-state index in [2.05, 4.69) is 6.58 Å². The van der Waals surface area contributed by atoms with Gasteiger partial charge in [-0.25, -0.2) is 0 Å². The van der Waals surface area contributed by atoms with Crippen LogP contribution in [0.2, 0.25) is 0 Å². The van der Waals surface area contributed by atoms with Gasteiger partial charge in [-0.2, -0.15) is 0 Å². The van der Waals surface area contributed by atoms with Gasteiger partial charge in [-0.15, -0.1) is 0 Å². The van der Waals surface area contributed by atoms with Crippen LogP contribution in [0.3, 0.4) is 0 Å². The van der Waals surface area contributed by atoms with Gasteiger partial charge in [0.25, 0.3) is 0 Å². The number of rotatable bonds is 4. The van der Waals surface area contributed by atoms with Gasteiger partial charge in [-0.1, -0.05) is 42.5 Å². The van der Waals surface area contributed by atoms with Crippen LogP contribution in [-0.4, -0.2) is 18.4 Å². The van der Waals surface area contributed by atoms with E-state index in [1.165, 1.54) is 0 Å². The normalized spacial score (nSPS) is 22.3. The fourth-order valence-corrected chi connectivity index (χ4v) is 2.66. The maximum Gasteiger partial charge on any atom is 0.324 e. The fraction of sp³-hybridized carbons (Fsp3) is 0.375. The molecule has 1 fully saturated rings. The van der Waals surface area contributed by atoms with Crippen molar-refractivity contribution in [3.05, 3.63) is 48.0 Å². The van der Waals surface area contributed by atoms with E-state index in [1.54, 1.807) is 31.2 Å². The number of carbonyl (C=O) groups is 2. The smallest absolute Gasteiger partial charge is 0.324 e. The lowest BCUT2D eigenvalue weighted by molar-refractivity contribution is -0.150. The third-order valence-electron chi connectivity index (χ3n) is 3.68. The lowest BCUT2D eigenvalue weighted by Gasteiger charge is -2.26. The van der Waals surface area contributed by atoms with Crippen LogP contribution < -0.4 is 0 Å². The van der Waals surface area contributed by atoms with Crippen molar-refractivity contribution >= 4 is 11.8 Å². The Morgan fingerprint density at radius 1 is 1.32 bits per heavy atom. The Kier molecular flexibility index (Phi) is 3.84. The predicted molar refractivity (Wildman–Crippen MR) is 72.8 cm³/mol. The molecule has 0 amide bonds. The third-order valence-corrected chi connectivity index (χ3v) is 3.68. The molecule has 0 aliphatic heterocycles. The van der Waals surface area contributed by atoms with Gasteiger partial charge in [0.2, 0.25) is 0 Å². The highest BCUT2D eigenvalue weighted by molar-refractivity contribution is 6.15. The van der Waals surface area contributed by atoms with Gasteiger partial charge in [-0.3, -0.25) is 9.59 Å². The number of ether oxygens (including phenoxy) is 1. The molecule has 3 heteroatoms. The number of Topliss-reactive ketones (excluding diaryl/α,β-unsaturated/α-hetero) is 1. The summed E-state index contributed by atoms with van der Waals surface area (Å²) in [7, 11) is 0. The summed E-state index contributed by atoms with van der Waals surface area (Å²) < 4.78 is 5.12. The van der Waals surface area contributed by atoms with Gasteiger partial charge in [0.1, 0.15) is 0 Å². The zero-order valence-corrected chi connectivity index (χ0v) is 11.1. The van der Waals surface area contributed by atoms with Crippen LogP contribution in [-0.2, 0) is 9.53 Å². The molecule has 0 saturated heterocycles. The van der Waals surface area contributed by atoms with E-state index in [-0.39, 0.29) is 12.4 Å². The number of carbonyl (C=O) groups excluding carboxylic acids is 2. The van der Waals surface area contributed by atoms with Crippen LogP contribution in [0.25, 0.3) is 0 Å². The molecule has 1 saturated carbocycles. The van der Waals surface area contributed by atoms with Gasteiger partial charge >= 0.3 is 5.97 Å². The maximum absolute atomic E-state index is 12.7. The van der Waals surface area contributed by atoms with E-state index < -0.39 is 11.4 Å². The van der Waals surface area contributed by atoms with E-state index in [0.717, 1.165) is 6.42 Å². The van der Waals surface area contributed by atoms with E-state index >= 15 is 0 Å². The van der Waals surface area contributed by atoms with Crippen LogP contribution in [0.15, 0.2) is 42.5 Å². The zero-order valence-electron chi connectivity index (χ0n) is 11.1. The summed E-state index contributed by atoms with van der Waals surface area (Å²) in [6.45, 7) is 5.96. The quantitative estimate of drug-likeness (QED) is 0.360. The van der Waals surface area contributed by atoms with Crippen molar-refractivity contribution in [3.63, 3.8) is 0 Å². The Morgan fingerprint density at radius 3 is 2.53 bits per heavy atom. The molecule has 0 N–H and O–H groups in total. The summed E-state index contributed by atoms with van der Waals surface area (Å²) in [5.74, 6) is -0.639. The summed E-state index contributed by atoms with van der Waals surface area (Å²) >= 11 is 0. The molecule has 1 aliphatic carbocycles. The van der Waals surface area contributed by atoms with Crippen LogP contribution in [0.1, 0.15) is 36.5 Å². The molecule has 0 unspecified atom stereocenters. The lowest BCUT2D eigenvalue weighted by Crippen LogP contribution is -2.39. The Morgan fingerprint density at radius 2 is 2.00 bits per heavy atom. The molecule has 0 heterocycles. The van der Waals surface area contributed by atoms with E-state index in [4.69, 9.17) is 4.74 Å². The van der Waals surface area contributed by atoms with Gasteiger partial charge in [0, 0.05) is 5.56 Å². The van der Waals surface area contributed by atoms with Gasteiger partial charge in [0.05, 0.1) is 6.61 Å². The third kappa shape index (κ3) is 2.21. The number of hydrogen-bond acceptors (Lipinski definition) is 3. The highest BCUT2D eigenvalue weighted by Crippen LogP contribution is 2.45. The lowest BCUT2D eigenvalue weighted by atomic mass is 9.76. The molecular weight excluding hydrogens is 240 g/mol. The Hall–Kier alpha value is -1.90. The molecular formula is C16H18O3. The Labute approximate surface area is 113 Å². The number of hydrogen-bond donors (Lipinski definition) is 0. The highest BCUT2D eigenvalue weighted by Gasteiger charge is 2.51. The fourth-order valence-electron chi connectivity index (χ4n) is 2.66. The molecule has 1 atom stereocenters. The molecule has 1 aromatic carbocycles. The minimum Gasteiger partial charge on any atom is -0.465 e. The first-order valence-electron chi connectivity index (χ1n) is 6.58. The molecule has 2 rings (SSSR count). The van der Waals surface area contributed by atoms with E-state index in [9.17, 15) is 9.59 Å². The monoisotopic (exact) mass is 258 g/mol. The number of benzene rings is 1. The zero-order chi connectivity index (χ0) is 13.9. The van der Waals surface area contributed by atoms with Crippen molar-refractivity contribution in [1.82, 2.24) is 0 Å². The first kappa shape index (κ1) is 13.5. The van der Waals surface area contributed by atoms with Crippen LogP contribution in [0.4, 0.5) is 0 Å². The van der Waals surface area contributed by atoms with Crippen LogP contribution >= 0.6 is 0 Å². The first-order chi connectivity index (χ1) is 9.13. The van der Waals surface area contributed by atoms with Gasteiger partial charge in [0.15, 0.2) is 11.2 Å². The van der Waals surface area contributed by atoms with Crippen molar-refractivity contribution < 1.29 is 14.3 Å². The van der Waals surface area contributed by atoms with Crippen LogP contribution in [0, 0.1) is 5.41 Å². The van der Waals surface area contributed by atoms with E-state index in [1.807, 2.05) is 6.07 Å². The maximum atomic E-state index is 12.7. The summed E-state index contributed by atoms with van der Waals surface area (Å²) in [5.41, 5.74) is 0.0515. The van der Waals surface area contributed by atoms with Crippen molar-refractivity contribution in [3.8, 4) is 0 Å². The molecule has 0 spiro atoms. The van der Waals surface area contributed by atoms with Crippen molar-refractivity contribution in [2.24, 2.45) is 5.41 Å². The number of ketones is 1. The summed E-state index contributed by atoms with van der Waals surface area (Å²) in [5, 5.41) is 0. The molecule has 0 aromatic heterocycles. The molecule has 0 bridgehead atoms. The van der Waals surface area contributed by atoms with Gasteiger partial charge < -0.3 is 4.74 Å². The molecule has 1 aliphatic rings. The minimum atomic E-state index is -1.17. The topological polar surface area (TPSA) is 43.4 Å². The first-order valence-corrected chi connectivity index (χ1v) is 6.58.